The van der Waals surface area contributed by atoms with Crippen LogP contribution in [0.15, 0.2) is 41.3 Å². The molecule has 7 heteroatoms. The molecule has 0 spiro atoms. The second-order valence-corrected chi connectivity index (χ2v) is 9.22. The Labute approximate surface area is 172 Å². The van der Waals surface area contributed by atoms with Crippen molar-refractivity contribution in [1.29, 1.82) is 0 Å². The number of rotatable bonds is 6. The zero-order valence-corrected chi connectivity index (χ0v) is 18.2. The molecule has 0 bridgehead atoms. The second-order valence-electron chi connectivity index (χ2n) is 7.36. The number of sulfonamides is 1. The molecule has 2 aromatic carbocycles. The molecular formula is C22H28N2O4S. The molecule has 0 aromatic heterocycles. The van der Waals surface area contributed by atoms with E-state index in [4.69, 9.17) is 4.74 Å². The van der Waals surface area contributed by atoms with Crippen molar-refractivity contribution in [3.63, 3.8) is 0 Å². The van der Waals surface area contributed by atoms with Gasteiger partial charge in [-0.15, -0.1) is 0 Å². The van der Waals surface area contributed by atoms with Crippen molar-refractivity contribution in [1.82, 2.24) is 4.31 Å². The Morgan fingerprint density at radius 3 is 2.66 bits per heavy atom. The maximum Gasteiger partial charge on any atom is 0.244 e. The van der Waals surface area contributed by atoms with Gasteiger partial charge in [-0.1, -0.05) is 31.2 Å². The molecule has 1 N–H and O–H groups in total. The predicted octanol–water partition coefficient (Wildman–Crippen LogP) is 3.67. The van der Waals surface area contributed by atoms with Gasteiger partial charge in [0.2, 0.25) is 15.9 Å². The Morgan fingerprint density at radius 1 is 1.21 bits per heavy atom. The van der Waals surface area contributed by atoms with E-state index in [-0.39, 0.29) is 10.8 Å². The highest BCUT2D eigenvalue weighted by Crippen LogP contribution is 2.31. The molecule has 3 rings (SSSR count). The summed E-state index contributed by atoms with van der Waals surface area (Å²) in [5, 5.41) is 2.99. The maximum atomic E-state index is 13.4. The second kappa shape index (κ2) is 8.55. The summed E-state index contributed by atoms with van der Waals surface area (Å²) < 4.78 is 33.3. The van der Waals surface area contributed by atoms with Gasteiger partial charge in [0.05, 0.1) is 12.0 Å². The van der Waals surface area contributed by atoms with Crippen LogP contribution in [0.4, 0.5) is 5.69 Å². The van der Waals surface area contributed by atoms with Gasteiger partial charge >= 0.3 is 0 Å². The number of aryl methyl sites for hydroxylation is 3. The van der Waals surface area contributed by atoms with Gasteiger partial charge in [-0.2, -0.15) is 4.31 Å². The molecule has 1 fully saturated rings. The third-order valence-electron chi connectivity index (χ3n) is 5.48. The Kier molecular flexibility index (Phi) is 6.29. The van der Waals surface area contributed by atoms with Crippen LogP contribution >= 0.6 is 0 Å². The van der Waals surface area contributed by atoms with Crippen LogP contribution in [0.25, 0.3) is 0 Å². The molecule has 1 atom stereocenters. The number of methoxy groups -OCH3 is 1. The number of para-hydroxylation sites is 1. The number of anilines is 1. The van der Waals surface area contributed by atoms with Crippen molar-refractivity contribution in [3.8, 4) is 5.75 Å². The Bertz CT molecular complexity index is 1020. The van der Waals surface area contributed by atoms with Gasteiger partial charge < -0.3 is 10.1 Å². The van der Waals surface area contributed by atoms with Crippen LogP contribution in [0.5, 0.6) is 5.75 Å². The van der Waals surface area contributed by atoms with Crippen LogP contribution in [-0.4, -0.2) is 38.3 Å². The molecule has 1 amide bonds. The molecule has 156 valence electrons. The highest BCUT2D eigenvalue weighted by molar-refractivity contribution is 7.89. The van der Waals surface area contributed by atoms with Crippen LogP contribution in [0.1, 0.15) is 36.5 Å². The summed E-state index contributed by atoms with van der Waals surface area (Å²) in [6.07, 6.45) is 1.93. The van der Waals surface area contributed by atoms with E-state index in [1.165, 1.54) is 17.5 Å². The van der Waals surface area contributed by atoms with E-state index in [2.05, 4.69) is 5.32 Å². The number of nitrogens with zero attached hydrogens (tertiary/aromatic N) is 1. The van der Waals surface area contributed by atoms with Crippen molar-refractivity contribution in [3.05, 3.63) is 53.1 Å². The minimum atomic E-state index is -3.82. The molecule has 0 aliphatic carbocycles. The first-order valence-corrected chi connectivity index (χ1v) is 11.3. The third-order valence-corrected chi connectivity index (χ3v) is 7.53. The zero-order valence-electron chi connectivity index (χ0n) is 17.4. The van der Waals surface area contributed by atoms with E-state index in [1.54, 1.807) is 19.1 Å². The zero-order chi connectivity index (χ0) is 21.2. The lowest BCUT2D eigenvalue weighted by molar-refractivity contribution is -0.119. The smallest absolute Gasteiger partial charge is 0.244 e. The Hall–Kier alpha value is -2.38. The molecule has 1 saturated heterocycles. The molecule has 0 unspecified atom stereocenters. The molecule has 1 aliphatic rings. The quantitative estimate of drug-likeness (QED) is 0.780. The number of ether oxygens (including phenoxy) is 1. The van der Waals surface area contributed by atoms with E-state index in [9.17, 15) is 13.2 Å². The summed E-state index contributed by atoms with van der Waals surface area (Å²) in [6.45, 7) is 6.05. The van der Waals surface area contributed by atoms with Crippen molar-refractivity contribution in [2.75, 3.05) is 19.0 Å². The number of amides is 1. The number of carbonyl (C=O) groups excluding carboxylic acids is 1. The van der Waals surface area contributed by atoms with Gasteiger partial charge in [-0.3, -0.25) is 4.79 Å². The SMILES string of the molecule is CCc1cccc(C)c1NC(=O)[C@@H]1CCCN1S(=O)(=O)c1cc(OC)ccc1C. The third kappa shape index (κ3) is 4.16. The standard InChI is InChI=1S/C22H28N2O4S/c1-5-17-9-6-8-16(3)21(17)23-22(25)19-10-7-13-24(19)29(26,27)20-14-18(28-4)12-11-15(20)2/h6,8-9,11-12,14,19H,5,7,10,13H2,1-4H3,(H,23,25)/t19-/m0/s1. The van der Waals surface area contributed by atoms with Gasteiger partial charge in [-0.05, 0) is 55.9 Å². The fraction of sp³-hybridized carbons (Fsp3) is 0.409. The molecule has 29 heavy (non-hydrogen) atoms. The maximum absolute atomic E-state index is 13.4. The molecule has 0 radical (unpaired) electrons. The lowest BCUT2D eigenvalue weighted by Crippen LogP contribution is -2.43. The number of hydrogen-bond donors (Lipinski definition) is 1. The molecule has 1 heterocycles. The van der Waals surface area contributed by atoms with Crippen LogP contribution in [0, 0.1) is 13.8 Å². The first-order valence-electron chi connectivity index (χ1n) is 9.85. The van der Waals surface area contributed by atoms with E-state index < -0.39 is 16.1 Å². The fourth-order valence-corrected chi connectivity index (χ4v) is 5.71. The first-order chi connectivity index (χ1) is 13.8. The van der Waals surface area contributed by atoms with Crippen molar-refractivity contribution < 1.29 is 17.9 Å². The largest absolute Gasteiger partial charge is 0.497 e. The average Bonchev–Trinajstić information content (AvgIpc) is 3.20. The summed E-state index contributed by atoms with van der Waals surface area (Å²) in [7, 11) is -2.32. The molecular weight excluding hydrogens is 388 g/mol. The summed E-state index contributed by atoms with van der Waals surface area (Å²) in [6, 6.07) is 10.1. The van der Waals surface area contributed by atoms with E-state index in [0.717, 1.165) is 23.2 Å². The minimum absolute atomic E-state index is 0.182. The minimum Gasteiger partial charge on any atom is -0.497 e. The average molecular weight is 417 g/mol. The number of hydrogen-bond acceptors (Lipinski definition) is 4. The number of carbonyl (C=O) groups is 1. The van der Waals surface area contributed by atoms with Crippen molar-refractivity contribution in [2.45, 2.75) is 51.0 Å². The molecule has 2 aromatic rings. The predicted molar refractivity (Wildman–Crippen MR) is 114 cm³/mol. The molecule has 6 nitrogen and oxygen atoms in total. The summed E-state index contributed by atoms with van der Waals surface area (Å²) in [4.78, 5) is 13.3. The Balaban J connectivity index is 1.91. The summed E-state index contributed by atoms with van der Waals surface area (Å²) in [5.74, 6) is 0.192. The van der Waals surface area contributed by atoms with Crippen LogP contribution < -0.4 is 10.1 Å². The monoisotopic (exact) mass is 416 g/mol. The van der Waals surface area contributed by atoms with Gasteiger partial charge in [-0.25, -0.2) is 8.42 Å². The van der Waals surface area contributed by atoms with E-state index in [1.807, 2.05) is 32.0 Å². The van der Waals surface area contributed by atoms with Gasteiger partial charge in [0.1, 0.15) is 11.8 Å². The van der Waals surface area contributed by atoms with Crippen molar-refractivity contribution >= 4 is 21.6 Å². The highest BCUT2D eigenvalue weighted by Gasteiger charge is 2.40. The van der Waals surface area contributed by atoms with Gasteiger partial charge in [0.15, 0.2) is 0 Å². The summed E-state index contributed by atoms with van der Waals surface area (Å²) >= 11 is 0. The van der Waals surface area contributed by atoms with Crippen LogP contribution in [0.3, 0.4) is 0 Å². The highest BCUT2D eigenvalue weighted by atomic mass is 32.2. The normalized spacial score (nSPS) is 17.3. The lowest BCUT2D eigenvalue weighted by atomic mass is 10.1. The molecule has 1 aliphatic heterocycles. The van der Waals surface area contributed by atoms with E-state index >= 15 is 0 Å². The van der Waals surface area contributed by atoms with Gasteiger partial charge in [0, 0.05) is 18.3 Å². The summed E-state index contributed by atoms with van der Waals surface area (Å²) in [5.41, 5.74) is 3.41. The van der Waals surface area contributed by atoms with E-state index in [0.29, 0.717) is 30.7 Å². The fourth-order valence-electron chi connectivity index (χ4n) is 3.81. The Morgan fingerprint density at radius 2 is 1.97 bits per heavy atom. The molecule has 0 saturated carbocycles. The number of benzene rings is 2. The topological polar surface area (TPSA) is 75.7 Å². The number of nitrogens with one attached hydrogen (secondary N) is 1. The van der Waals surface area contributed by atoms with Gasteiger partial charge in [0.25, 0.3) is 0 Å². The lowest BCUT2D eigenvalue weighted by Gasteiger charge is -2.25. The first kappa shape index (κ1) is 21.3. The van der Waals surface area contributed by atoms with Crippen LogP contribution in [-0.2, 0) is 21.2 Å². The van der Waals surface area contributed by atoms with Crippen molar-refractivity contribution in [2.24, 2.45) is 0 Å². The van der Waals surface area contributed by atoms with Crippen LogP contribution in [0.2, 0.25) is 0 Å².